The van der Waals surface area contributed by atoms with Crippen LogP contribution in [0.15, 0.2) is 35.3 Å². The van der Waals surface area contributed by atoms with E-state index in [1.54, 1.807) is 5.01 Å². The Hall–Kier alpha value is -1.35. The third-order valence-electron chi connectivity index (χ3n) is 3.43. The molecule has 2 rings (SSSR count). The van der Waals surface area contributed by atoms with Gasteiger partial charge in [-0.1, -0.05) is 44.2 Å². The summed E-state index contributed by atoms with van der Waals surface area (Å²) in [5.41, 5.74) is 1.12. The second-order valence-corrected chi connectivity index (χ2v) is 4.36. The van der Waals surface area contributed by atoms with E-state index in [-0.39, 0.29) is 5.54 Å². The van der Waals surface area contributed by atoms with E-state index in [2.05, 4.69) is 26.0 Å². The molecule has 16 heavy (non-hydrogen) atoms. The van der Waals surface area contributed by atoms with Crippen molar-refractivity contribution in [2.45, 2.75) is 32.2 Å². The second-order valence-electron chi connectivity index (χ2n) is 4.36. The van der Waals surface area contributed by atoms with Crippen LogP contribution in [0.25, 0.3) is 0 Å². The van der Waals surface area contributed by atoms with Crippen LogP contribution >= 0.6 is 0 Å². The van der Waals surface area contributed by atoms with E-state index in [9.17, 15) is 0 Å². The molecule has 0 aromatic heterocycles. The van der Waals surface area contributed by atoms with Crippen molar-refractivity contribution in [3.8, 4) is 0 Å². The van der Waals surface area contributed by atoms with Crippen molar-refractivity contribution in [1.82, 2.24) is 5.01 Å². The molecule has 1 aromatic carbocycles. The van der Waals surface area contributed by atoms with Gasteiger partial charge in [0.25, 0.3) is 0 Å². The molecule has 0 bridgehead atoms. The van der Waals surface area contributed by atoms with E-state index in [1.807, 2.05) is 18.2 Å². The molecule has 0 unspecified atom stereocenters. The Bertz CT molecular complexity index is 379. The smallest absolute Gasteiger partial charge is 0.145 e. The van der Waals surface area contributed by atoms with Gasteiger partial charge in [-0.15, -0.1) is 0 Å². The van der Waals surface area contributed by atoms with Gasteiger partial charge in [-0.3, -0.25) is 10.0 Å². The highest BCUT2D eigenvalue weighted by Gasteiger charge is 2.35. The van der Waals surface area contributed by atoms with Gasteiger partial charge >= 0.3 is 0 Å². The molecule has 0 spiro atoms. The number of hydrazine groups is 1. The number of rotatable bonds is 3. The first-order valence-electron chi connectivity index (χ1n) is 5.88. The first kappa shape index (κ1) is 11.1. The van der Waals surface area contributed by atoms with Crippen molar-refractivity contribution >= 4 is 5.84 Å². The molecule has 2 N–H and O–H groups in total. The lowest BCUT2D eigenvalue weighted by Gasteiger charge is -2.22. The maximum atomic E-state index is 6.04. The first-order chi connectivity index (χ1) is 7.71. The van der Waals surface area contributed by atoms with Crippen molar-refractivity contribution < 1.29 is 0 Å². The summed E-state index contributed by atoms with van der Waals surface area (Å²) in [6.07, 6.45) is 2.07. The van der Waals surface area contributed by atoms with E-state index in [0.29, 0.717) is 0 Å². The Balaban J connectivity index is 2.35. The number of nitrogens with two attached hydrogens (primary N) is 1. The van der Waals surface area contributed by atoms with Gasteiger partial charge in [0.15, 0.2) is 0 Å². The minimum atomic E-state index is 0.0138. The van der Waals surface area contributed by atoms with Crippen molar-refractivity contribution in [2.24, 2.45) is 10.8 Å². The predicted octanol–water partition coefficient (Wildman–Crippen LogP) is 2.18. The molecular weight excluding hydrogens is 198 g/mol. The number of nitrogens with zero attached hydrogens (tertiary/aromatic N) is 2. The quantitative estimate of drug-likeness (QED) is 0.788. The number of aliphatic imine (C=N–C) groups is 1. The third-order valence-corrected chi connectivity index (χ3v) is 3.43. The van der Waals surface area contributed by atoms with Gasteiger partial charge in [0.1, 0.15) is 5.84 Å². The van der Waals surface area contributed by atoms with Crippen LogP contribution in [0.5, 0.6) is 0 Å². The molecule has 0 amide bonds. The molecule has 3 nitrogen and oxygen atoms in total. The van der Waals surface area contributed by atoms with Crippen LogP contribution in [0.1, 0.15) is 32.3 Å². The molecular formula is C13H19N3. The fraction of sp³-hybridized carbons (Fsp3) is 0.462. The number of benzene rings is 1. The normalized spacial score (nSPS) is 18.7. The highest BCUT2D eigenvalue weighted by atomic mass is 15.5. The third kappa shape index (κ3) is 1.83. The lowest BCUT2D eigenvalue weighted by Crippen LogP contribution is -2.40. The maximum absolute atomic E-state index is 6.04. The van der Waals surface area contributed by atoms with Gasteiger partial charge in [0.05, 0.1) is 12.1 Å². The largest absolute Gasteiger partial charge is 0.292 e. The van der Waals surface area contributed by atoms with E-state index < -0.39 is 0 Å². The molecule has 1 aromatic rings. The van der Waals surface area contributed by atoms with Crippen LogP contribution < -0.4 is 5.84 Å². The molecule has 0 fully saturated rings. The number of hydrogen-bond donors (Lipinski definition) is 1. The Morgan fingerprint density at radius 1 is 1.25 bits per heavy atom. The van der Waals surface area contributed by atoms with E-state index in [4.69, 9.17) is 10.8 Å². The summed E-state index contributed by atoms with van der Waals surface area (Å²) in [5.74, 6) is 6.96. The van der Waals surface area contributed by atoms with Crippen molar-refractivity contribution in [1.29, 1.82) is 0 Å². The zero-order chi connectivity index (χ0) is 11.6. The van der Waals surface area contributed by atoms with Crippen molar-refractivity contribution in [2.75, 3.05) is 6.54 Å². The lowest BCUT2D eigenvalue weighted by molar-refractivity contribution is 0.328. The van der Waals surface area contributed by atoms with Crippen LogP contribution in [0.2, 0.25) is 0 Å². The Morgan fingerprint density at radius 2 is 1.88 bits per heavy atom. The van der Waals surface area contributed by atoms with Crippen LogP contribution in [-0.2, 0) is 0 Å². The number of hydrogen-bond acceptors (Lipinski definition) is 3. The summed E-state index contributed by atoms with van der Waals surface area (Å²) in [6, 6.07) is 10.2. The van der Waals surface area contributed by atoms with E-state index in [1.165, 1.54) is 0 Å². The zero-order valence-corrected chi connectivity index (χ0v) is 9.98. The molecule has 0 radical (unpaired) electrons. The molecule has 0 saturated heterocycles. The van der Waals surface area contributed by atoms with Crippen molar-refractivity contribution in [3.63, 3.8) is 0 Å². The summed E-state index contributed by atoms with van der Waals surface area (Å²) in [7, 11) is 0. The molecule has 86 valence electrons. The predicted molar refractivity (Wildman–Crippen MR) is 67.2 cm³/mol. The zero-order valence-electron chi connectivity index (χ0n) is 9.98. The summed E-state index contributed by atoms with van der Waals surface area (Å²) in [6.45, 7) is 5.17. The van der Waals surface area contributed by atoms with Gasteiger partial charge < -0.3 is 0 Å². The van der Waals surface area contributed by atoms with E-state index >= 15 is 0 Å². The van der Waals surface area contributed by atoms with Gasteiger partial charge in [-0.05, 0) is 12.8 Å². The molecule has 1 aliphatic heterocycles. The van der Waals surface area contributed by atoms with Gasteiger partial charge in [0.2, 0.25) is 0 Å². The average Bonchev–Trinajstić information content (AvgIpc) is 2.69. The SMILES string of the molecule is CCC1(CC)CN(N)C(c2ccccc2)=N1. The van der Waals surface area contributed by atoms with Gasteiger partial charge in [0, 0.05) is 5.56 Å². The van der Waals surface area contributed by atoms with Gasteiger partial charge in [-0.25, -0.2) is 5.84 Å². The van der Waals surface area contributed by atoms with Crippen molar-refractivity contribution in [3.05, 3.63) is 35.9 Å². The summed E-state index contributed by atoms with van der Waals surface area (Å²) < 4.78 is 0. The highest BCUT2D eigenvalue weighted by Crippen LogP contribution is 2.28. The molecule has 1 heterocycles. The molecule has 0 saturated carbocycles. The summed E-state index contributed by atoms with van der Waals surface area (Å²) in [5, 5.41) is 1.78. The summed E-state index contributed by atoms with van der Waals surface area (Å²) >= 11 is 0. The van der Waals surface area contributed by atoms with Crippen LogP contribution in [0.4, 0.5) is 0 Å². The fourth-order valence-electron chi connectivity index (χ4n) is 2.17. The lowest BCUT2D eigenvalue weighted by atomic mass is 9.95. The second kappa shape index (κ2) is 4.26. The first-order valence-corrected chi connectivity index (χ1v) is 5.88. The average molecular weight is 217 g/mol. The fourth-order valence-corrected chi connectivity index (χ4v) is 2.17. The molecule has 3 heteroatoms. The monoisotopic (exact) mass is 217 g/mol. The van der Waals surface area contributed by atoms with Gasteiger partial charge in [-0.2, -0.15) is 0 Å². The molecule has 0 aliphatic carbocycles. The van der Waals surface area contributed by atoms with Crippen LogP contribution in [0.3, 0.4) is 0 Å². The number of amidine groups is 1. The Labute approximate surface area is 96.9 Å². The molecule has 0 atom stereocenters. The van der Waals surface area contributed by atoms with E-state index in [0.717, 1.165) is 30.8 Å². The molecule has 1 aliphatic rings. The minimum Gasteiger partial charge on any atom is -0.292 e. The topological polar surface area (TPSA) is 41.6 Å². The highest BCUT2D eigenvalue weighted by molar-refractivity contribution is 5.99. The van der Waals surface area contributed by atoms with Crippen LogP contribution in [-0.4, -0.2) is 22.9 Å². The standard InChI is InChI=1S/C13H19N3/c1-3-13(4-2)10-16(14)12(15-13)11-8-6-5-7-9-11/h5-9H,3-4,10,14H2,1-2H3. The Kier molecular flexibility index (Phi) is 2.97. The summed E-state index contributed by atoms with van der Waals surface area (Å²) in [4.78, 5) is 4.83. The maximum Gasteiger partial charge on any atom is 0.145 e. The Morgan fingerprint density at radius 3 is 2.38 bits per heavy atom. The van der Waals surface area contributed by atoms with Crippen LogP contribution in [0, 0.1) is 0 Å². The minimum absolute atomic E-state index is 0.0138.